The SMILES string of the molecule is [B]n1c(CC)nc2ccccc2c1=O. The molecule has 0 atom stereocenters. The molecule has 0 unspecified atom stereocenters. The summed E-state index contributed by atoms with van der Waals surface area (Å²) in [5.41, 5.74) is 0.517. The lowest BCUT2D eigenvalue weighted by atomic mass is 10.2. The Balaban J connectivity index is 2.92. The lowest BCUT2D eigenvalue weighted by molar-refractivity contribution is 0.896. The maximum Gasteiger partial charge on any atom is 0.248 e. The summed E-state index contributed by atoms with van der Waals surface area (Å²) in [5, 5.41) is 0.562. The van der Waals surface area contributed by atoms with Gasteiger partial charge in [-0.15, -0.1) is 0 Å². The Morgan fingerprint density at radius 3 is 2.86 bits per heavy atom. The smallest absolute Gasteiger partial charge is 0.248 e. The third-order valence-electron chi connectivity index (χ3n) is 2.20. The van der Waals surface area contributed by atoms with Gasteiger partial charge in [-0.1, -0.05) is 19.1 Å². The van der Waals surface area contributed by atoms with Crippen LogP contribution in [0.3, 0.4) is 0 Å². The molecular weight excluding hydrogens is 175 g/mol. The van der Waals surface area contributed by atoms with Crippen LogP contribution in [0.15, 0.2) is 29.1 Å². The highest BCUT2D eigenvalue weighted by Crippen LogP contribution is 2.06. The van der Waals surface area contributed by atoms with Crippen LogP contribution in [0, 0.1) is 0 Å². The van der Waals surface area contributed by atoms with Crippen LogP contribution in [-0.2, 0) is 6.42 Å². The summed E-state index contributed by atoms with van der Waals surface area (Å²) in [5.74, 6) is 0.605. The van der Waals surface area contributed by atoms with Crippen molar-refractivity contribution >= 4 is 18.9 Å². The summed E-state index contributed by atoms with van der Waals surface area (Å²) in [4.78, 5) is 16.0. The second kappa shape index (κ2) is 3.29. The highest BCUT2D eigenvalue weighted by molar-refractivity contribution is 6.07. The molecule has 14 heavy (non-hydrogen) atoms. The van der Waals surface area contributed by atoms with Gasteiger partial charge in [0.25, 0.3) is 0 Å². The van der Waals surface area contributed by atoms with Crippen LogP contribution in [0.4, 0.5) is 0 Å². The molecular formula is C10H9BN2O. The lowest BCUT2D eigenvalue weighted by Crippen LogP contribution is -2.23. The van der Waals surface area contributed by atoms with E-state index >= 15 is 0 Å². The Kier molecular flexibility index (Phi) is 2.12. The highest BCUT2D eigenvalue weighted by atomic mass is 16.1. The number of hydrogen-bond donors (Lipinski definition) is 0. The van der Waals surface area contributed by atoms with E-state index in [0.29, 0.717) is 23.1 Å². The molecule has 2 radical (unpaired) electrons. The predicted molar refractivity (Wildman–Crippen MR) is 56.5 cm³/mol. The van der Waals surface area contributed by atoms with E-state index in [1.807, 2.05) is 19.1 Å². The molecule has 0 aliphatic carbocycles. The number of aryl methyl sites for hydroxylation is 1. The quantitative estimate of drug-likeness (QED) is 0.616. The van der Waals surface area contributed by atoms with E-state index in [4.69, 9.17) is 7.98 Å². The van der Waals surface area contributed by atoms with E-state index in [9.17, 15) is 4.79 Å². The molecule has 68 valence electrons. The summed E-state index contributed by atoms with van der Waals surface area (Å²) in [6.45, 7) is 1.92. The molecule has 2 aromatic rings. The van der Waals surface area contributed by atoms with Gasteiger partial charge in [0.1, 0.15) is 0 Å². The van der Waals surface area contributed by atoms with Gasteiger partial charge in [0.2, 0.25) is 13.5 Å². The summed E-state index contributed by atoms with van der Waals surface area (Å²) < 4.78 is 1.11. The Morgan fingerprint density at radius 2 is 2.14 bits per heavy atom. The van der Waals surface area contributed by atoms with E-state index in [1.165, 1.54) is 0 Å². The average molecular weight is 184 g/mol. The van der Waals surface area contributed by atoms with Gasteiger partial charge in [0, 0.05) is 6.42 Å². The van der Waals surface area contributed by atoms with E-state index in [1.54, 1.807) is 12.1 Å². The summed E-state index contributed by atoms with van der Waals surface area (Å²) >= 11 is 0. The second-order valence-electron chi connectivity index (χ2n) is 3.07. The topological polar surface area (TPSA) is 34.9 Å². The van der Waals surface area contributed by atoms with Gasteiger partial charge in [-0.3, -0.25) is 4.79 Å². The Hall–Kier alpha value is -1.58. The van der Waals surface area contributed by atoms with Gasteiger partial charge in [-0.2, -0.15) is 0 Å². The van der Waals surface area contributed by atoms with Crippen molar-refractivity contribution < 1.29 is 0 Å². The van der Waals surface area contributed by atoms with Crippen LogP contribution in [0.25, 0.3) is 10.9 Å². The number of benzene rings is 1. The molecule has 0 fully saturated rings. The van der Waals surface area contributed by atoms with Crippen molar-refractivity contribution in [2.45, 2.75) is 13.3 Å². The molecule has 1 aromatic heterocycles. The van der Waals surface area contributed by atoms with E-state index < -0.39 is 0 Å². The van der Waals surface area contributed by atoms with Crippen molar-refractivity contribution in [1.29, 1.82) is 0 Å². The fourth-order valence-electron chi connectivity index (χ4n) is 1.44. The first-order valence-corrected chi connectivity index (χ1v) is 4.49. The standard InChI is InChI=1S/C10H9BN2O/c1-2-9-12-8-6-4-3-5-7(8)10(14)13(9)11/h3-6H,2H2,1H3. The van der Waals surface area contributed by atoms with Crippen molar-refractivity contribution in [2.24, 2.45) is 0 Å². The molecule has 0 bridgehead atoms. The van der Waals surface area contributed by atoms with Gasteiger partial charge in [-0.25, -0.2) is 4.98 Å². The van der Waals surface area contributed by atoms with Crippen LogP contribution in [0.2, 0.25) is 0 Å². The first-order valence-electron chi connectivity index (χ1n) is 4.49. The van der Waals surface area contributed by atoms with Gasteiger partial charge in [-0.05, 0) is 12.1 Å². The zero-order valence-electron chi connectivity index (χ0n) is 7.90. The number of nitrogens with zero attached hydrogens (tertiary/aromatic N) is 2. The van der Waals surface area contributed by atoms with Crippen LogP contribution in [0.5, 0.6) is 0 Å². The minimum atomic E-state index is -0.188. The van der Waals surface area contributed by atoms with E-state index in [0.717, 1.165) is 4.48 Å². The van der Waals surface area contributed by atoms with Crippen molar-refractivity contribution in [1.82, 2.24) is 9.46 Å². The maximum atomic E-state index is 11.7. The normalized spacial score (nSPS) is 10.6. The summed E-state index contributed by atoms with van der Waals surface area (Å²) in [7, 11) is 5.60. The van der Waals surface area contributed by atoms with Crippen LogP contribution >= 0.6 is 0 Å². The molecule has 4 heteroatoms. The van der Waals surface area contributed by atoms with Crippen LogP contribution < -0.4 is 5.56 Å². The molecule has 0 amide bonds. The number of fused-ring (bicyclic) bond motifs is 1. The lowest BCUT2D eigenvalue weighted by Gasteiger charge is -2.06. The number of para-hydroxylation sites is 1. The number of aromatic nitrogens is 2. The molecule has 0 saturated carbocycles. The predicted octanol–water partition coefficient (Wildman–Crippen LogP) is 0.890. The zero-order chi connectivity index (χ0) is 10.1. The van der Waals surface area contributed by atoms with Crippen molar-refractivity contribution in [3.8, 4) is 0 Å². The zero-order valence-corrected chi connectivity index (χ0v) is 7.90. The Morgan fingerprint density at radius 1 is 1.43 bits per heavy atom. The molecule has 0 spiro atoms. The highest BCUT2D eigenvalue weighted by Gasteiger charge is 2.04. The van der Waals surface area contributed by atoms with Crippen LogP contribution in [-0.4, -0.2) is 17.4 Å². The molecule has 2 rings (SSSR count). The molecule has 3 nitrogen and oxygen atoms in total. The number of rotatable bonds is 1. The first kappa shape index (κ1) is 9.00. The van der Waals surface area contributed by atoms with E-state index in [-0.39, 0.29) is 5.56 Å². The van der Waals surface area contributed by atoms with Gasteiger partial charge >= 0.3 is 0 Å². The third-order valence-corrected chi connectivity index (χ3v) is 2.20. The Labute approximate surface area is 82.8 Å². The van der Waals surface area contributed by atoms with E-state index in [2.05, 4.69) is 4.98 Å². The largest absolute Gasteiger partial charge is 0.354 e. The third kappa shape index (κ3) is 1.23. The fourth-order valence-corrected chi connectivity index (χ4v) is 1.44. The maximum absolute atomic E-state index is 11.7. The molecule has 0 N–H and O–H groups in total. The van der Waals surface area contributed by atoms with Crippen molar-refractivity contribution in [2.75, 3.05) is 0 Å². The molecule has 0 aliphatic rings. The summed E-state index contributed by atoms with van der Waals surface area (Å²) in [6.07, 6.45) is 0.649. The fraction of sp³-hybridized carbons (Fsp3) is 0.200. The number of hydrogen-bond acceptors (Lipinski definition) is 2. The molecule has 1 aromatic carbocycles. The monoisotopic (exact) mass is 184 g/mol. The van der Waals surface area contributed by atoms with Gasteiger partial charge in [0.05, 0.1) is 16.7 Å². The second-order valence-corrected chi connectivity index (χ2v) is 3.07. The van der Waals surface area contributed by atoms with Gasteiger partial charge in [0.15, 0.2) is 0 Å². The molecule has 0 saturated heterocycles. The molecule has 1 heterocycles. The van der Waals surface area contributed by atoms with Gasteiger partial charge < -0.3 is 4.48 Å². The van der Waals surface area contributed by atoms with Crippen molar-refractivity contribution in [3.05, 3.63) is 40.4 Å². The average Bonchev–Trinajstić information content (AvgIpc) is 2.23. The minimum Gasteiger partial charge on any atom is -0.354 e. The summed E-state index contributed by atoms with van der Waals surface area (Å²) in [6, 6.07) is 7.20. The van der Waals surface area contributed by atoms with Crippen molar-refractivity contribution in [3.63, 3.8) is 0 Å². The first-order chi connectivity index (χ1) is 6.74. The van der Waals surface area contributed by atoms with Crippen LogP contribution in [0.1, 0.15) is 12.7 Å². The minimum absolute atomic E-state index is 0.188. The Bertz CT molecular complexity index is 533. The molecule has 0 aliphatic heterocycles.